The molecule has 10 nitrogen and oxygen atoms in total. The topological polar surface area (TPSA) is 146 Å². The highest BCUT2D eigenvalue weighted by atomic mass is 32.2. The summed E-state index contributed by atoms with van der Waals surface area (Å²) in [5.74, 6) is -0.605. The molecule has 1 amide bonds. The third kappa shape index (κ3) is 6.37. The molecule has 2 aromatic carbocycles. The zero-order chi connectivity index (χ0) is 29.1. The van der Waals surface area contributed by atoms with Crippen LogP contribution in [0.5, 0.6) is 0 Å². The zero-order valence-electron chi connectivity index (χ0n) is 20.8. The third-order valence-electron chi connectivity index (χ3n) is 6.33. The monoisotopic (exact) mass is 598 g/mol. The number of H-pyrrole nitrogens is 1. The van der Waals surface area contributed by atoms with Gasteiger partial charge < -0.3 is 15.6 Å². The normalized spacial score (nSPS) is 15.5. The summed E-state index contributed by atoms with van der Waals surface area (Å²) in [6.45, 7) is 0.238. The molecule has 2 heterocycles. The van der Waals surface area contributed by atoms with E-state index >= 15 is 0 Å². The average molecular weight is 599 g/mol. The van der Waals surface area contributed by atoms with E-state index in [1.54, 1.807) is 12.1 Å². The van der Waals surface area contributed by atoms with E-state index in [1.807, 2.05) is 0 Å². The molecule has 1 aliphatic rings. The summed E-state index contributed by atoms with van der Waals surface area (Å²) in [6.07, 6.45) is 2.06. The quantitative estimate of drug-likeness (QED) is 0.362. The predicted molar refractivity (Wildman–Crippen MR) is 140 cm³/mol. The molecule has 214 valence electrons. The number of anilines is 1. The number of pyridine rings is 1. The smallest absolute Gasteiger partial charge is 0.382 e. The number of sulfone groups is 1. The van der Waals surface area contributed by atoms with Crippen LogP contribution in [0.1, 0.15) is 28.8 Å². The van der Waals surface area contributed by atoms with Crippen LogP contribution < -0.4 is 16.2 Å². The van der Waals surface area contributed by atoms with Crippen LogP contribution in [0.2, 0.25) is 0 Å². The molecule has 15 heteroatoms. The van der Waals surface area contributed by atoms with E-state index < -0.39 is 41.7 Å². The number of hydrogen-bond donors (Lipinski definition) is 3. The summed E-state index contributed by atoms with van der Waals surface area (Å²) in [7, 11) is -9.38. The lowest BCUT2D eigenvalue weighted by Crippen LogP contribution is -2.42. The second-order valence-electron chi connectivity index (χ2n) is 9.04. The van der Waals surface area contributed by atoms with Crippen molar-refractivity contribution in [2.24, 2.45) is 0 Å². The fourth-order valence-electron chi connectivity index (χ4n) is 4.21. The maximum atomic E-state index is 13.3. The number of hydrogen-bond acceptors (Lipinski definition) is 7. The van der Waals surface area contributed by atoms with E-state index in [4.69, 9.17) is 0 Å². The Morgan fingerprint density at radius 2 is 1.62 bits per heavy atom. The molecule has 0 aliphatic carbocycles. The maximum absolute atomic E-state index is 13.3. The summed E-state index contributed by atoms with van der Waals surface area (Å²) in [5, 5.41) is 5.58. The fourth-order valence-corrected chi connectivity index (χ4v) is 6.55. The van der Waals surface area contributed by atoms with Gasteiger partial charge in [-0.25, -0.2) is 16.8 Å². The van der Waals surface area contributed by atoms with Crippen LogP contribution >= 0.6 is 0 Å². The van der Waals surface area contributed by atoms with Crippen molar-refractivity contribution in [1.82, 2.24) is 14.6 Å². The number of sulfonamides is 1. The lowest BCUT2D eigenvalue weighted by molar-refractivity contribution is -0.0436. The van der Waals surface area contributed by atoms with E-state index in [-0.39, 0.29) is 41.8 Å². The number of rotatable bonds is 8. The Hall–Kier alpha value is -3.69. The SMILES string of the molecule is O=C(NCc1cccc(S(=O)(=O)N2CCC(Nc3cccc(S(=O)(=O)C(F)(F)F)c3)CC2)c1)c1ccc[nH]c1=O. The Labute approximate surface area is 228 Å². The van der Waals surface area contributed by atoms with Gasteiger partial charge in [-0.2, -0.15) is 17.5 Å². The number of carbonyl (C=O) groups is 1. The first-order valence-electron chi connectivity index (χ1n) is 12.0. The molecular weight excluding hydrogens is 573 g/mol. The summed E-state index contributed by atoms with van der Waals surface area (Å²) < 4.78 is 89.9. The Morgan fingerprint density at radius 1 is 0.950 bits per heavy atom. The first-order chi connectivity index (χ1) is 18.8. The van der Waals surface area contributed by atoms with Gasteiger partial charge in [0, 0.05) is 37.6 Å². The molecule has 4 rings (SSSR count). The number of alkyl halides is 3. The van der Waals surface area contributed by atoms with Gasteiger partial charge in [-0.15, -0.1) is 0 Å². The molecule has 0 radical (unpaired) electrons. The molecule has 0 spiro atoms. The van der Waals surface area contributed by atoms with Crippen LogP contribution in [0.25, 0.3) is 0 Å². The van der Waals surface area contributed by atoms with Crippen molar-refractivity contribution >= 4 is 31.5 Å². The van der Waals surface area contributed by atoms with E-state index in [9.17, 15) is 39.6 Å². The van der Waals surface area contributed by atoms with Gasteiger partial charge in [-0.05, 0) is 60.9 Å². The van der Waals surface area contributed by atoms with Gasteiger partial charge in [0.1, 0.15) is 5.56 Å². The second-order valence-corrected chi connectivity index (χ2v) is 12.9. The van der Waals surface area contributed by atoms with Crippen LogP contribution in [-0.4, -0.2) is 56.7 Å². The minimum absolute atomic E-state index is 0.00829. The van der Waals surface area contributed by atoms with E-state index in [0.717, 1.165) is 12.1 Å². The van der Waals surface area contributed by atoms with Gasteiger partial charge in [0.2, 0.25) is 10.0 Å². The van der Waals surface area contributed by atoms with E-state index in [2.05, 4.69) is 15.6 Å². The predicted octanol–water partition coefficient (Wildman–Crippen LogP) is 2.86. The number of amides is 1. The summed E-state index contributed by atoms with van der Waals surface area (Å²) >= 11 is 0. The lowest BCUT2D eigenvalue weighted by Gasteiger charge is -2.32. The minimum atomic E-state index is -5.49. The molecular formula is C25H25F3N4O6S2. The van der Waals surface area contributed by atoms with Crippen molar-refractivity contribution in [1.29, 1.82) is 0 Å². The van der Waals surface area contributed by atoms with Crippen LogP contribution in [0, 0.1) is 0 Å². The molecule has 40 heavy (non-hydrogen) atoms. The number of aromatic amines is 1. The standard InChI is InChI=1S/C25H25F3N4O6S2/c26-25(27,28)39(35,36)20-6-2-5-19(15-20)31-18-9-12-32(13-10-18)40(37,38)21-7-1-4-17(14-21)16-30-24(34)22-8-3-11-29-23(22)33/h1-8,11,14-15,18,31H,9-10,12-13,16H2,(H,29,33)(H,30,34). The van der Waals surface area contributed by atoms with Gasteiger partial charge in [-0.3, -0.25) is 9.59 Å². The molecule has 0 atom stereocenters. The maximum Gasteiger partial charge on any atom is 0.501 e. The first kappa shape index (κ1) is 29.3. The molecule has 0 bridgehead atoms. The lowest BCUT2D eigenvalue weighted by atomic mass is 10.1. The zero-order valence-corrected chi connectivity index (χ0v) is 22.4. The van der Waals surface area contributed by atoms with Crippen molar-refractivity contribution in [3.63, 3.8) is 0 Å². The number of halogens is 3. The van der Waals surface area contributed by atoms with Crippen LogP contribution in [0.15, 0.2) is 81.4 Å². The van der Waals surface area contributed by atoms with Gasteiger partial charge in [0.05, 0.1) is 9.79 Å². The highest BCUT2D eigenvalue weighted by molar-refractivity contribution is 7.92. The van der Waals surface area contributed by atoms with E-state index in [1.165, 1.54) is 46.9 Å². The summed E-state index contributed by atoms with van der Waals surface area (Å²) in [6, 6.07) is 13.0. The van der Waals surface area contributed by atoms with Gasteiger partial charge in [0.25, 0.3) is 21.3 Å². The molecule has 0 saturated carbocycles. The van der Waals surface area contributed by atoms with Crippen molar-refractivity contribution in [3.8, 4) is 0 Å². The number of aromatic nitrogens is 1. The second kappa shape index (κ2) is 11.4. The molecule has 3 N–H and O–H groups in total. The summed E-state index contributed by atoms with van der Waals surface area (Å²) in [5.41, 5.74) is -5.36. The molecule has 1 saturated heterocycles. The molecule has 1 aliphatic heterocycles. The highest BCUT2D eigenvalue weighted by Gasteiger charge is 2.47. The third-order valence-corrected chi connectivity index (χ3v) is 9.70. The van der Waals surface area contributed by atoms with Crippen LogP contribution in [0.3, 0.4) is 0 Å². The van der Waals surface area contributed by atoms with Crippen molar-refractivity contribution < 1.29 is 34.8 Å². The minimum Gasteiger partial charge on any atom is -0.382 e. The highest BCUT2D eigenvalue weighted by Crippen LogP contribution is 2.32. The Morgan fingerprint density at radius 3 is 2.30 bits per heavy atom. The molecule has 0 unspecified atom stereocenters. The Bertz CT molecular complexity index is 1670. The van der Waals surface area contributed by atoms with Crippen LogP contribution in [0.4, 0.5) is 18.9 Å². The Kier molecular flexibility index (Phi) is 8.37. The molecule has 1 fully saturated rings. The van der Waals surface area contributed by atoms with Crippen LogP contribution in [-0.2, 0) is 26.4 Å². The van der Waals surface area contributed by atoms with Gasteiger partial charge >= 0.3 is 5.51 Å². The Balaban J connectivity index is 1.37. The number of carbonyl (C=O) groups excluding carboxylic acids is 1. The number of benzene rings is 2. The fraction of sp³-hybridized carbons (Fsp3) is 0.280. The van der Waals surface area contributed by atoms with Crippen molar-refractivity contribution in [2.75, 3.05) is 18.4 Å². The van der Waals surface area contributed by atoms with Crippen molar-refractivity contribution in [2.45, 2.75) is 40.7 Å². The van der Waals surface area contributed by atoms with E-state index in [0.29, 0.717) is 18.4 Å². The molecule has 3 aromatic rings. The van der Waals surface area contributed by atoms with Gasteiger partial charge in [0.15, 0.2) is 0 Å². The first-order valence-corrected chi connectivity index (χ1v) is 14.9. The number of nitrogens with zero attached hydrogens (tertiary/aromatic N) is 1. The van der Waals surface area contributed by atoms with Gasteiger partial charge in [-0.1, -0.05) is 18.2 Å². The summed E-state index contributed by atoms with van der Waals surface area (Å²) in [4.78, 5) is 25.6. The van der Waals surface area contributed by atoms with Crippen molar-refractivity contribution in [3.05, 3.63) is 88.3 Å². The number of nitrogens with one attached hydrogen (secondary N) is 3. The molecule has 1 aromatic heterocycles. The largest absolute Gasteiger partial charge is 0.501 e. The average Bonchev–Trinajstić information content (AvgIpc) is 2.92. The number of piperidine rings is 1.